The first-order chi connectivity index (χ1) is 18.7. The fourth-order valence-electron chi connectivity index (χ4n) is 3.64. The van der Waals surface area contributed by atoms with Gasteiger partial charge in [-0.05, 0) is 61.6 Å². The molecule has 2 aromatic carbocycles. The lowest BCUT2D eigenvalue weighted by atomic mass is 10.1. The summed E-state index contributed by atoms with van der Waals surface area (Å²) in [6.45, 7) is 3.85. The molecule has 0 aliphatic carbocycles. The van der Waals surface area contributed by atoms with Gasteiger partial charge in [-0.15, -0.1) is 0 Å². The number of nitrogens with zero attached hydrogens (tertiary/aromatic N) is 2. The van der Waals surface area contributed by atoms with Gasteiger partial charge in [0.1, 0.15) is 23.9 Å². The number of carbonyl (C=O) groups is 3. The Morgan fingerprint density at radius 3 is 2.38 bits per heavy atom. The summed E-state index contributed by atoms with van der Waals surface area (Å²) in [5.41, 5.74) is 1.78. The molecule has 1 aromatic heterocycles. The summed E-state index contributed by atoms with van der Waals surface area (Å²) < 4.78 is 5.84. The SMILES string of the molecule is CC(=O)NCCCC[C@H](NC(=O)c1cncnc1)C(=O)NCc1ccc(Oc2ccc(C(C)O)cc2Cl)cc1. The Morgan fingerprint density at radius 1 is 1.03 bits per heavy atom. The van der Waals surface area contributed by atoms with Gasteiger partial charge in [0.2, 0.25) is 11.8 Å². The maximum Gasteiger partial charge on any atom is 0.255 e. The topological polar surface area (TPSA) is 143 Å². The van der Waals surface area contributed by atoms with E-state index in [9.17, 15) is 19.5 Å². The normalized spacial score (nSPS) is 12.2. The Hall–Kier alpha value is -4.02. The van der Waals surface area contributed by atoms with Gasteiger partial charge in [0.05, 0.1) is 16.7 Å². The lowest BCUT2D eigenvalue weighted by Gasteiger charge is -2.19. The molecule has 10 nitrogen and oxygen atoms in total. The molecule has 0 spiro atoms. The molecule has 1 heterocycles. The number of carbonyl (C=O) groups excluding carboxylic acids is 3. The molecule has 3 aromatic rings. The number of amides is 3. The molecule has 2 atom stereocenters. The van der Waals surface area contributed by atoms with E-state index in [1.807, 2.05) is 12.1 Å². The lowest BCUT2D eigenvalue weighted by Crippen LogP contribution is -2.46. The third-order valence-corrected chi connectivity index (χ3v) is 6.09. The summed E-state index contributed by atoms with van der Waals surface area (Å²) >= 11 is 6.27. The van der Waals surface area contributed by atoms with Crippen molar-refractivity contribution in [1.82, 2.24) is 25.9 Å². The standard InChI is InChI=1S/C28H32ClN5O5/c1-18(35)21-8-11-26(24(29)13-21)39-23-9-6-20(7-10-23)14-33-28(38)25(5-3-4-12-32-19(2)36)34-27(37)22-15-30-17-31-16-22/h6-11,13,15-18,25,35H,3-5,12,14H2,1-2H3,(H,32,36)(H,33,38)(H,34,37)/t18?,25-/m0/s1. The Balaban J connectivity index is 1.57. The quantitative estimate of drug-likeness (QED) is 0.236. The van der Waals surface area contributed by atoms with E-state index in [2.05, 4.69) is 25.9 Å². The Labute approximate surface area is 232 Å². The number of halogens is 1. The number of ether oxygens (including phenoxy) is 1. The van der Waals surface area contributed by atoms with E-state index in [0.717, 1.165) is 5.56 Å². The molecule has 0 aliphatic rings. The van der Waals surface area contributed by atoms with Gasteiger partial charge in [-0.3, -0.25) is 14.4 Å². The lowest BCUT2D eigenvalue weighted by molar-refractivity contribution is -0.123. The first-order valence-corrected chi connectivity index (χ1v) is 12.9. The van der Waals surface area contributed by atoms with E-state index in [1.54, 1.807) is 37.3 Å². The van der Waals surface area contributed by atoms with Crippen LogP contribution in [-0.4, -0.2) is 45.4 Å². The van der Waals surface area contributed by atoms with E-state index >= 15 is 0 Å². The molecule has 206 valence electrons. The number of nitrogens with one attached hydrogen (secondary N) is 3. The molecular weight excluding hydrogens is 522 g/mol. The van der Waals surface area contributed by atoms with Gasteiger partial charge in [0, 0.05) is 32.4 Å². The number of hydrogen-bond donors (Lipinski definition) is 4. The average Bonchev–Trinajstić information content (AvgIpc) is 2.92. The number of aliphatic hydroxyl groups is 1. The van der Waals surface area contributed by atoms with E-state index < -0.39 is 18.1 Å². The van der Waals surface area contributed by atoms with Gasteiger partial charge in [-0.1, -0.05) is 29.8 Å². The van der Waals surface area contributed by atoms with Crippen molar-refractivity contribution in [2.75, 3.05) is 6.54 Å². The zero-order valence-electron chi connectivity index (χ0n) is 21.8. The molecule has 0 bridgehead atoms. The minimum absolute atomic E-state index is 0.115. The molecule has 3 rings (SSSR count). The van der Waals surface area contributed by atoms with Crippen LogP contribution in [0.2, 0.25) is 5.02 Å². The van der Waals surface area contributed by atoms with Gasteiger partial charge in [-0.25, -0.2) is 9.97 Å². The molecule has 3 amide bonds. The smallest absolute Gasteiger partial charge is 0.255 e. The summed E-state index contributed by atoms with van der Waals surface area (Å²) in [7, 11) is 0. The molecule has 0 fully saturated rings. The van der Waals surface area contributed by atoms with Gasteiger partial charge >= 0.3 is 0 Å². The molecule has 1 unspecified atom stereocenters. The number of unbranched alkanes of at least 4 members (excludes halogenated alkanes) is 1. The average molecular weight is 554 g/mol. The fourth-order valence-corrected chi connectivity index (χ4v) is 3.87. The minimum Gasteiger partial charge on any atom is -0.456 e. The molecule has 0 radical (unpaired) electrons. The van der Waals surface area contributed by atoms with Crippen LogP contribution in [0.4, 0.5) is 0 Å². The fraction of sp³-hybridized carbons (Fsp3) is 0.321. The third kappa shape index (κ3) is 9.66. The molecular formula is C28H32ClN5O5. The number of aromatic nitrogens is 2. The predicted octanol–water partition coefficient (Wildman–Crippen LogP) is 3.70. The van der Waals surface area contributed by atoms with Crippen LogP contribution in [0.5, 0.6) is 11.5 Å². The van der Waals surface area contributed by atoms with Crippen LogP contribution in [0.15, 0.2) is 61.2 Å². The molecule has 0 saturated carbocycles. The van der Waals surface area contributed by atoms with Crippen molar-refractivity contribution in [3.05, 3.63) is 82.9 Å². The molecule has 0 aliphatic heterocycles. The highest BCUT2D eigenvalue weighted by atomic mass is 35.5. The molecule has 4 N–H and O–H groups in total. The summed E-state index contributed by atoms with van der Waals surface area (Å²) in [5, 5.41) is 18.4. The van der Waals surface area contributed by atoms with Crippen molar-refractivity contribution in [3.8, 4) is 11.5 Å². The van der Waals surface area contributed by atoms with E-state index in [0.29, 0.717) is 47.9 Å². The maximum absolute atomic E-state index is 13.0. The molecule has 39 heavy (non-hydrogen) atoms. The maximum atomic E-state index is 13.0. The van der Waals surface area contributed by atoms with Crippen LogP contribution in [0.1, 0.15) is 60.7 Å². The van der Waals surface area contributed by atoms with E-state index in [-0.39, 0.29) is 23.9 Å². The first kappa shape index (κ1) is 29.5. The van der Waals surface area contributed by atoms with Crippen LogP contribution >= 0.6 is 11.6 Å². The second kappa shape index (κ2) is 14.8. The highest BCUT2D eigenvalue weighted by Crippen LogP contribution is 2.31. The van der Waals surface area contributed by atoms with Gasteiger partial charge in [-0.2, -0.15) is 0 Å². The van der Waals surface area contributed by atoms with Crippen molar-refractivity contribution in [2.45, 2.75) is 51.8 Å². The van der Waals surface area contributed by atoms with E-state index in [1.165, 1.54) is 25.6 Å². The Bertz CT molecular complexity index is 1250. The van der Waals surface area contributed by atoms with Crippen LogP contribution in [0, 0.1) is 0 Å². The van der Waals surface area contributed by atoms with Gasteiger partial charge in [0.15, 0.2) is 0 Å². The van der Waals surface area contributed by atoms with Crippen molar-refractivity contribution in [3.63, 3.8) is 0 Å². The number of aliphatic hydroxyl groups excluding tert-OH is 1. The van der Waals surface area contributed by atoms with Crippen molar-refractivity contribution in [1.29, 1.82) is 0 Å². The van der Waals surface area contributed by atoms with Crippen molar-refractivity contribution < 1.29 is 24.2 Å². The van der Waals surface area contributed by atoms with Crippen molar-refractivity contribution >= 4 is 29.3 Å². The van der Waals surface area contributed by atoms with Gasteiger partial charge < -0.3 is 25.8 Å². The number of hydrogen-bond acceptors (Lipinski definition) is 7. The second-order valence-electron chi connectivity index (χ2n) is 8.96. The minimum atomic E-state index is -0.774. The number of benzene rings is 2. The highest BCUT2D eigenvalue weighted by molar-refractivity contribution is 6.32. The zero-order valence-corrected chi connectivity index (χ0v) is 22.6. The number of rotatable bonds is 13. The van der Waals surface area contributed by atoms with Crippen LogP contribution in [-0.2, 0) is 16.1 Å². The monoisotopic (exact) mass is 553 g/mol. The summed E-state index contributed by atoms with van der Waals surface area (Å²) in [5.74, 6) is 0.133. The Morgan fingerprint density at radius 2 is 1.74 bits per heavy atom. The third-order valence-electron chi connectivity index (χ3n) is 5.79. The van der Waals surface area contributed by atoms with E-state index in [4.69, 9.17) is 16.3 Å². The second-order valence-corrected chi connectivity index (χ2v) is 9.37. The van der Waals surface area contributed by atoms with Gasteiger partial charge in [0.25, 0.3) is 5.91 Å². The summed E-state index contributed by atoms with van der Waals surface area (Å²) in [6, 6.07) is 11.5. The summed E-state index contributed by atoms with van der Waals surface area (Å²) in [6.07, 6.45) is 5.14. The van der Waals surface area contributed by atoms with Crippen LogP contribution in [0.25, 0.3) is 0 Å². The highest BCUT2D eigenvalue weighted by Gasteiger charge is 2.21. The summed E-state index contributed by atoms with van der Waals surface area (Å²) in [4.78, 5) is 44.4. The largest absolute Gasteiger partial charge is 0.456 e. The van der Waals surface area contributed by atoms with Crippen molar-refractivity contribution in [2.24, 2.45) is 0 Å². The zero-order chi connectivity index (χ0) is 28.2. The molecule has 11 heteroatoms. The molecule has 0 saturated heterocycles. The Kier molecular flexibility index (Phi) is 11.2. The first-order valence-electron chi connectivity index (χ1n) is 12.5. The van der Waals surface area contributed by atoms with Crippen LogP contribution in [0.3, 0.4) is 0 Å². The predicted molar refractivity (Wildman–Crippen MR) is 146 cm³/mol. The van der Waals surface area contributed by atoms with Crippen LogP contribution < -0.4 is 20.7 Å².